The fourth-order valence-corrected chi connectivity index (χ4v) is 3.13. The van der Waals surface area contributed by atoms with E-state index in [9.17, 15) is 32.5 Å². The maximum Gasteiger partial charge on any atom is 0.416 e. The lowest BCUT2D eigenvalue weighted by atomic mass is 10.1. The summed E-state index contributed by atoms with van der Waals surface area (Å²) in [5, 5.41) is 11.3. The Balaban J connectivity index is 1.67. The summed E-state index contributed by atoms with van der Waals surface area (Å²) in [5.74, 6) is -0.659. The third-order valence-electron chi connectivity index (χ3n) is 4.72. The number of rotatable bonds is 4. The van der Waals surface area contributed by atoms with Crippen LogP contribution >= 0.6 is 0 Å². The predicted molar refractivity (Wildman–Crippen MR) is 102 cm³/mol. The molecule has 30 heavy (non-hydrogen) atoms. The van der Waals surface area contributed by atoms with Crippen LogP contribution in [-0.4, -0.2) is 41.9 Å². The minimum atomic E-state index is -4.68. The van der Waals surface area contributed by atoms with E-state index < -0.39 is 22.4 Å². The molecule has 1 aliphatic rings. The first kappa shape index (κ1) is 21.3. The Morgan fingerprint density at radius 2 is 1.67 bits per heavy atom. The Morgan fingerprint density at radius 1 is 1.03 bits per heavy atom. The molecule has 6 nitrogen and oxygen atoms in total. The second kappa shape index (κ2) is 8.52. The van der Waals surface area contributed by atoms with Crippen LogP contribution in [0, 0.1) is 15.9 Å². The van der Waals surface area contributed by atoms with Crippen molar-refractivity contribution >= 4 is 23.4 Å². The SMILES string of the molecule is O=C(/C=C/c1ccc(F)cc1)N1CCN(c2ccc(C(F)(F)F)cc2[N+](=O)[O-])CC1. The van der Waals surface area contributed by atoms with Gasteiger partial charge >= 0.3 is 6.18 Å². The molecular weight excluding hydrogens is 406 g/mol. The molecule has 0 spiro atoms. The van der Waals surface area contributed by atoms with Crippen molar-refractivity contribution in [2.24, 2.45) is 0 Å². The van der Waals surface area contributed by atoms with Gasteiger partial charge in [-0.3, -0.25) is 14.9 Å². The number of nitro groups is 1. The van der Waals surface area contributed by atoms with Crippen LogP contribution in [-0.2, 0) is 11.0 Å². The van der Waals surface area contributed by atoms with Crippen LogP contribution in [0.3, 0.4) is 0 Å². The Kier molecular flexibility index (Phi) is 6.04. The van der Waals surface area contributed by atoms with E-state index in [1.165, 1.54) is 35.2 Å². The molecule has 0 bridgehead atoms. The molecule has 1 fully saturated rings. The van der Waals surface area contributed by atoms with E-state index >= 15 is 0 Å². The second-order valence-electron chi connectivity index (χ2n) is 6.66. The van der Waals surface area contributed by atoms with Gasteiger partial charge in [0.25, 0.3) is 5.69 Å². The van der Waals surface area contributed by atoms with Crippen LogP contribution < -0.4 is 4.90 Å². The summed E-state index contributed by atoms with van der Waals surface area (Å²) < 4.78 is 51.5. The lowest BCUT2D eigenvalue weighted by Crippen LogP contribution is -2.48. The average molecular weight is 423 g/mol. The van der Waals surface area contributed by atoms with Crippen LogP contribution in [0.4, 0.5) is 28.9 Å². The van der Waals surface area contributed by atoms with Crippen LogP contribution in [0.1, 0.15) is 11.1 Å². The molecule has 10 heteroatoms. The van der Waals surface area contributed by atoms with Crippen molar-refractivity contribution in [2.75, 3.05) is 31.1 Å². The topological polar surface area (TPSA) is 66.7 Å². The molecule has 3 rings (SSSR count). The van der Waals surface area contributed by atoms with Gasteiger partial charge in [0.1, 0.15) is 11.5 Å². The number of nitrogens with zero attached hydrogens (tertiary/aromatic N) is 3. The van der Waals surface area contributed by atoms with E-state index in [2.05, 4.69) is 0 Å². The predicted octanol–water partition coefficient (Wildman–Crippen LogP) is 4.11. The number of anilines is 1. The van der Waals surface area contributed by atoms with Gasteiger partial charge in [0.2, 0.25) is 5.91 Å². The molecule has 158 valence electrons. The highest BCUT2D eigenvalue weighted by Gasteiger charge is 2.34. The van der Waals surface area contributed by atoms with Crippen molar-refractivity contribution in [3.8, 4) is 0 Å². The Morgan fingerprint density at radius 3 is 2.23 bits per heavy atom. The number of halogens is 4. The zero-order chi connectivity index (χ0) is 21.9. The zero-order valence-corrected chi connectivity index (χ0v) is 15.6. The number of hydrogen-bond donors (Lipinski definition) is 0. The first-order valence-electron chi connectivity index (χ1n) is 8.98. The molecule has 0 N–H and O–H groups in total. The summed E-state index contributed by atoms with van der Waals surface area (Å²) in [4.78, 5) is 25.9. The van der Waals surface area contributed by atoms with E-state index in [0.717, 1.165) is 12.1 Å². The van der Waals surface area contributed by atoms with Crippen LogP contribution in [0.25, 0.3) is 6.08 Å². The molecule has 1 aliphatic heterocycles. The maximum atomic E-state index is 12.9. The van der Waals surface area contributed by atoms with Crippen LogP contribution in [0.15, 0.2) is 48.5 Å². The van der Waals surface area contributed by atoms with Gasteiger partial charge in [0.15, 0.2) is 0 Å². The third-order valence-corrected chi connectivity index (χ3v) is 4.72. The third kappa shape index (κ3) is 4.94. The lowest BCUT2D eigenvalue weighted by Gasteiger charge is -2.35. The molecular formula is C20H17F4N3O3. The summed E-state index contributed by atoms with van der Waals surface area (Å²) >= 11 is 0. The van der Waals surface area contributed by atoms with Crippen molar-refractivity contribution in [3.05, 3.63) is 75.6 Å². The first-order chi connectivity index (χ1) is 14.1. The van der Waals surface area contributed by atoms with E-state index in [1.807, 2.05) is 0 Å². The molecule has 0 saturated carbocycles. The van der Waals surface area contributed by atoms with Gasteiger partial charge in [-0.15, -0.1) is 0 Å². The molecule has 0 aliphatic carbocycles. The number of amides is 1. The second-order valence-corrected chi connectivity index (χ2v) is 6.66. The number of nitro benzene ring substituents is 1. The fraction of sp³-hybridized carbons (Fsp3) is 0.250. The van der Waals surface area contributed by atoms with E-state index in [0.29, 0.717) is 11.6 Å². The van der Waals surface area contributed by atoms with Crippen molar-refractivity contribution in [1.29, 1.82) is 0 Å². The van der Waals surface area contributed by atoms with Crippen LogP contribution in [0.5, 0.6) is 0 Å². The molecule has 0 unspecified atom stereocenters. The minimum Gasteiger partial charge on any atom is -0.362 e. The molecule has 2 aromatic carbocycles. The van der Waals surface area contributed by atoms with Gasteiger partial charge < -0.3 is 9.80 Å². The van der Waals surface area contributed by atoms with E-state index in [-0.39, 0.29) is 43.6 Å². The molecule has 2 aromatic rings. The number of carbonyl (C=O) groups is 1. The van der Waals surface area contributed by atoms with Crippen molar-refractivity contribution in [1.82, 2.24) is 4.90 Å². The molecule has 1 amide bonds. The van der Waals surface area contributed by atoms with Gasteiger partial charge in [-0.2, -0.15) is 13.2 Å². The normalized spacial score (nSPS) is 14.9. The standard InChI is InChI=1S/C20H17F4N3O3/c21-16-5-1-14(2-6-16)3-8-19(28)26-11-9-25(10-12-26)17-7-4-15(20(22,23)24)13-18(17)27(29)30/h1-8,13H,9-12H2/b8-3+. The van der Waals surface area contributed by atoms with E-state index in [1.54, 1.807) is 11.0 Å². The van der Waals surface area contributed by atoms with Gasteiger partial charge in [-0.25, -0.2) is 4.39 Å². The van der Waals surface area contributed by atoms with Gasteiger partial charge in [0, 0.05) is 38.3 Å². The summed E-state index contributed by atoms with van der Waals surface area (Å²) in [5.41, 5.74) is -0.968. The highest BCUT2D eigenvalue weighted by molar-refractivity contribution is 5.92. The zero-order valence-electron chi connectivity index (χ0n) is 15.6. The number of hydrogen-bond acceptors (Lipinski definition) is 4. The quantitative estimate of drug-likeness (QED) is 0.321. The highest BCUT2D eigenvalue weighted by atomic mass is 19.4. The van der Waals surface area contributed by atoms with Gasteiger partial charge in [-0.05, 0) is 35.9 Å². The number of alkyl halides is 3. The van der Waals surface area contributed by atoms with Crippen molar-refractivity contribution in [2.45, 2.75) is 6.18 Å². The molecule has 0 radical (unpaired) electrons. The van der Waals surface area contributed by atoms with Crippen molar-refractivity contribution in [3.63, 3.8) is 0 Å². The summed E-state index contributed by atoms with van der Waals surface area (Å²) in [6.07, 6.45) is -1.77. The first-order valence-corrected chi connectivity index (χ1v) is 8.98. The summed E-state index contributed by atoms with van der Waals surface area (Å²) in [6, 6.07) is 8.04. The molecule has 1 saturated heterocycles. The Labute approximate surface area is 169 Å². The number of benzene rings is 2. The lowest BCUT2D eigenvalue weighted by molar-refractivity contribution is -0.384. The van der Waals surface area contributed by atoms with E-state index in [4.69, 9.17) is 0 Å². The number of carbonyl (C=O) groups excluding carboxylic acids is 1. The van der Waals surface area contributed by atoms with Crippen LogP contribution in [0.2, 0.25) is 0 Å². The highest BCUT2D eigenvalue weighted by Crippen LogP contribution is 2.36. The molecule has 0 aromatic heterocycles. The Bertz CT molecular complexity index is 966. The smallest absolute Gasteiger partial charge is 0.362 e. The number of piperazine rings is 1. The fourth-order valence-electron chi connectivity index (χ4n) is 3.13. The summed E-state index contributed by atoms with van der Waals surface area (Å²) in [6.45, 7) is 0.986. The minimum absolute atomic E-state index is 0.0851. The molecule has 1 heterocycles. The average Bonchev–Trinajstić information content (AvgIpc) is 2.72. The maximum absolute atomic E-state index is 12.9. The van der Waals surface area contributed by atoms with Crippen molar-refractivity contribution < 1.29 is 27.3 Å². The monoisotopic (exact) mass is 423 g/mol. The Hall–Kier alpha value is -3.43. The molecule has 0 atom stereocenters. The van der Waals surface area contributed by atoms with Gasteiger partial charge in [-0.1, -0.05) is 12.1 Å². The van der Waals surface area contributed by atoms with Gasteiger partial charge in [0.05, 0.1) is 10.5 Å². The largest absolute Gasteiger partial charge is 0.416 e. The summed E-state index contributed by atoms with van der Waals surface area (Å²) in [7, 11) is 0.